The van der Waals surface area contributed by atoms with E-state index >= 15 is 13.2 Å². The Kier molecular flexibility index (Phi) is 28.4. The van der Waals surface area contributed by atoms with E-state index in [-0.39, 0.29) is 57.7 Å². The minimum atomic E-state index is -3.17. The summed E-state index contributed by atoms with van der Waals surface area (Å²) in [7, 11) is -3.17. The summed E-state index contributed by atoms with van der Waals surface area (Å²) in [6.45, 7) is 39.6. The number of fused-ring (bicyclic) bond motifs is 20. The normalized spacial score (nSPS) is 49.8. The number of hydrogen-bond acceptors (Lipinski definition) is 16. The van der Waals surface area contributed by atoms with Gasteiger partial charge >= 0.3 is 0 Å². The van der Waals surface area contributed by atoms with E-state index < -0.39 is 50.9 Å². The minimum absolute atomic E-state index is 0.00112. The van der Waals surface area contributed by atoms with E-state index in [9.17, 15) is 48.0 Å². The van der Waals surface area contributed by atoms with Crippen LogP contribution in [0.5, 0.6) is 0 Å². The van der Waals surface area contributed by atoms with Crippen molar-refractivity contribution in [1.82, 2.24) is 28.8 Å². The van der Waals surface area contributed by atoms with Crippen molar-refractivity contribution in [2.45, 2.75) is 328 Å². The first kappa shape index (κ1) is 96.2. The number of ether oxygens (including phenoxy) is 2. The van der Waals surface area contributed by atoms with Crippen LogP contribution < -0.4 is 0 Å². The topological polar surface area (TPSA) is 221 Å². The molecule has 127 heavy (non-hydrogen) atoms. The average Bonchev–Trinajstić information content (AvgIpc) is 1.66. The predicted molar refractivity (Wildman–Crippen MR) is 491 cm³/mol. The largest absolute Gasteiger partial charge is 0.390 e. The molecule has 20 aliphatic rings. The smallest absolute Gasteiger partial charge is 0.219 e. The molecule has 4 N–H and O–H groups in total. The molecule has 0 spiro atoms. The molecule has 16 saturated carbocycles. The van der Waals surface area contributed by atoms with E-state index in [1.165, 1.54) is 61.1 Å². The lowest BCUT2D eigenvalue weighted by Crippen LogP contribution is -2.55. The molecule has 0 aromatic rings. The second kappa shape index (κ2) is 37.4. The number of rotatable bonds is 13. The molecule has 20 rings (SSSR count). The summed E-state index contributed by atoms with van der Waals surface area (Å²) in [4.78, 5) is 63.0. The fraction of sp³-hybridized carbons (Fsp3) is 0.943. The Morgan fingerprint density at radius 2 is 0.701 bits per heavy atom. The van der Waals surface area contributed by atoms with Crippen LogP contribution in [0.15, 0.2) is 12.2 Å². The molecule has 0 aromatic carbocycles. The van der Waals surface area contributed by atoms with Gasteiger partial charge in [-0.25, -0.2) is 21.6 Å². The molecule has 36 atom stereocenters. The molecule has 0 radical (unpaired) electrons. The number of carbonyl (C=O) groups excluding carboxylic acids is 4. The maximum Gasteiger partial charge on any atom is 0.219 e. The van der Waals surface area contributed by atoms with Gasteiger partial charge in [0.1, 0.15) is 35.9 Å². The van der Waals surface area contributed by atoms with Crippen LogP contribution in [0.3, 0.4) is 0 Å². The zero-order valence-electron chi connectivity index (χ0n) is 80.4. The maximum absolute atomic E-state index is 15.5. The van der Waals surface area contributed by atoms with Crippen molar-refractivity contribution in [1.29, 1.82) is 0 Å². The van der Waals surface area contributed by atoms with Gasteiger partial charge in [0.2, 0.25) is 15.9 Å². The van der Waals surface area contributed by atoms with Crippen molar-refractivity contribution in [2.24, 2.45) is 164 Å². The molecular weight excluding hydrogens is 1630 g/mol. The molecular formula is C105H171F3N6O12S. The zero-order chi connectivity index (χ0) is 90.2. The SMILES string of the molecule is C=C(CN1CCOC[C@@H]1C)[C@H]1CC[C@H]2[C@@H]3CC[C@@H]4C[C@](C)(O)CC[C@@H]4[C@H]3CC[C@]12C.CC(=O)N1CCN(CC(=O)[C@H]2CC[C@H]3[C@@H]4C[C@@H](F)[C@H]5C[C@](C)(O)CC[C@@H]5[C@H]4CC[C@]23C)CC1.C[C@@]1(O)CC[C@@H]2[C@H]3CC[C@]4(C)[C@@H](C(=O)CN5CCN(S(C)(=O)=O)CC5)CC[C@H]4[C@@H]3C[C@@H](F)[C@@H]2C1.C[C@@]1(O)CC[C@@H]2[C@H]3CC[C@]4(C)[C@@H](C(=O)CN5CCOCC5)CC[C@H]4[C@@H]3C[C@@H](F)[C@@H]2C1. The van der Waals surface area contributed by atoms with Gasteiger partial charge in [0.05, 0.1) is 74.7 Å². The van der Waals surface area contributed by atoms with Gasteiger partial charge in [-0.1, -0.05) is 39.8 Å². The van der Waals surface area contributed by atoms with Crippen molar-refractivity contribution in [3.63, 3.8) is 0 Å². The van der Waals surface area contributed by atoms with Crippen LogP contribution in [0, 0.1) is 164 Å². The summed E-state index contributed by atoms with van der Waals surface area (Å²) in [5.74, 6) is 12.3. The molecule has 0 unspecified atom stereocenters. The lowest BCUT2D eigenvalue weighted by Gasteiger charge is -2.57. The summed E-state index contributed by atoms with van der Waals surface area (Å²) in [6.07, 6.45) is 32.2. The van der Waals surface area contributed by atoms with Gasteiger partial charge in [-0.2, -0.15) is 4.31 Å². The predicted octanol–water partition coefficient (Wildman–Crippen LogP) is 15.9. The average molecular weight is 1800 g/mol. The standard InChI is InChI=1S/C27H43FN2O3.C27H45NO2.C26H43FN2O4S.C25H40FNO3/c1-17(31)30-12-10-29(11-13-30)16-25(32)23-5-4-22-20-14-24(28)21-15-26(2,33)8-6-19(21)18(20)7-9-27(22,23)3;1-18(16-28-13-14-30-17-19(28)2)24-7-8-25-23-6-5-20-15-26(3,29)11-9-21(20)22(23)10-12-27(24,25)4;1-25(31)8-6-18-17-7-9-26(2)21(19(17)14-23(27)20(18)15-25)4-5-22(26)24(30)16-28-10-12-29(13-11-28)34(3,32)33;1-24(29)7-5-17-16-6-8-25(2)20(18(16)13-22(26)19(17)14-24)3-4-21(25)23(28)15-27-9-11-30-12-10-27/h18-24,33H,4-16H2,1-3H3;19-25,29H,1,5-17H2,2-4H3;17-23,31H,4-16H2,1-3H3;16-22,29H,3-15H2,1-2H3/t18-,19-,20-,21+,22+,23-,24-,26-,27+;19-,20+,21-,22+,23+,24+,25-,26+,27+;17-,18-,19-,20-,21+,22-,23-,25-,26+;16-,17-,18-,19-,20+,21-,22-,24-,25+/m1011/s1. The highest BCUT2D eigenvalue weighted by atomic mass is 32.2. The quantitative estimate of drug-likeness (QED) is 0.126. The van der Waals surface area contributed by atoms with Crippen LogP contribution in [-0.2, 0) is 38.7 Å². The summed E-state index contributed by atoms with van der Waals surface area (Å²) >= 11 is 0. The molecule has 1 amide bonds. The van der Waals surface area contributed by atoms with E-state index in [1.54, 1.807) is 6.92 Å². The molecule has 18 nitrogen and oxygen atoms in total. The van der Waals surface area contributed by atoms with Gasteiger partial charge in [-0.05, 0) is 392 Å². The van der Waals surface area contributed by atoms with E-state index in [0.717, 1.165) is 224 Å². The van der Waals surface area contributed by atoms with Crippen LogP contribution in [0.2, 0.25) is 0 Å². The van der Waals surface area contributed by atoms with Gasteiger partial charge in [0.25, 0.3) is 0 Å². The number of nitrogens with zero attached hydrogens (tertiary/aromatic N) is 6. The number of morpholine rings is 2. The number of alkyl halides is 3. The third-order valence-electron chi connectivity index (χ3n) is 42.4. The first-order chi connectivity index (χ1) is 60.0. The Morgan fingerprint density at radius 3 is 1.09 bits per heavy atom. The summed E-state index contributed by atoms with van der Waals surface area (Å²) in [5, 5.41) is 42.3. The van der Waals surface area contributed by atoms with E-state index in [1.807, 2.05) is 25.7 Å². The second-order valence-electron chi connectivity index (χ2n) is 49.7. The van der Waals surface area contributed by atoms with Crippen LogP contribution in [0.1, 0.15) is 281 Å². The fourth-order valence-corrected chi connectivity index (χ4v) is 36.7. The first-order valence-corrected chi connectivity index (χ1v) is 54.2. The number of aliphatic hydroxyl groups is 4. The van der Waals surface area contributed by atoms with Crippen molar-refractivity contribution < 1.29 is 70.7 Å². The summed E-state index contributed by atoms with van der Waals surface area (Å²) < 4.78 is 82.5. The highest BCUT2D eigenvalue weighted by Gasteiger charge is 2.66. The Morgan fingerprint density at radius 1 is 0.370 bits per heavy atom. The van der Waals surface area contributed by atoms with Gasteiger partial charge < -0.3 is 34.8 Å². The molecule has 720 valence electrons. The van der Waals surface area contributed by atoms with Gasteiger partial charge in [0, 0.05) is 109 Å². The third-order valence-corrected chi connectivity index (χ3v) is 43.7. The molecule has 20 fully saturated rings. The van der Waals surface area contributed by atoms with Crippen molar-refractivity contribution in [3.8, 4) is 0 Å². The van der Waals surface area contributed by atoms with E-state index in [2.05, 4.69) is 67.7 Å². The molecule has 4 heterocycles. The van der Waals surface area contributed by atoms with Crippen LogP contribution >= 0.6 is 0 Å². The Balaban J connectivity index is 0.000000119. The fourth-order valence-electron chi connectivity index (χ4n) is 35.9. The van der Waals surface area contributed by atoms with Crippen molar-refractivity contribution in [2.75, 3.05) is 131 Å². The number of Topliss-reactive ketones (excluding diaryl/α,β-unsaturated/α-hetero) is 3. The zero-order valence-corrected chi connectivity index (χ0v) is 81.2. The molecule has 0 aromatic heterocycles. The van der Waals surface area contributed by atoms with Crippen molar-refractivity contribution >= 4 is 33.3 Å². The molecule has 0 bridgehead atoms. The van der Waals surface area contributed by atoms with Gasteiger partial charge in [-0.15, -0.1) is 0 Å². The van der Waals surface area contributed by atoms with Gasteiger partial charge in [-0.3, -0.25) is 38.8 Å². The Bertz CT molecular complexity index is 4000. The van der Waals surface area contributed by atoms with Gasteiger partial charge in [0.15, 0.2) is 0 Å². The number of halogens is 3. The number of ketones is 3. The monoisotopic (exact) mass is 1800 g/mol. The van der Waals surface area contributed by atoms with Crippen LogP contribution in [0.4, 0.5) is 13.2 Å². The van der Waals surface area contributed by atoms with Crippen molar-refractivity contribution in [3.05, 3.63) is 12.2 Å². The molecule has 4 aliphatic heterocycles. The lowest BCUT2D eigenvalue weighted by molar-refractivity contribution is -0.140. The lowest BCUT2D eigenvalue weighted by atomic mass is 9.48. The third kappa shape index (κ3) is 19.3. The maximum atomic E-state index is 15.5. The van der Waals surface area contributed by atoms with E-state index in [4.69, 9.17) is 9.47 Å². The number of piperazine rings is 2. The number of carbonyl (C=O) groups is 4. The number of amides is 1. The molecule has 16 aliphatic carbocycles. The minimum Gasteiger partial charge on any atom is -0.390 e. The summed E-state index contributed by atoms with van der Waals surface area (Å²) in [6, 6.07) is 0.523. The first-order valence-electron chi connectivity index (χ1n) is 52.4. The number of sulfonamides is 1. The van der Waals surface area contributed by atoms with Crippen LogP contribution in [0.25, 0.3) is 0 Å². The van der Waals surface area contributed by atoms with E-state index in [0.29, 0.717) is 203 Å². The summed E-state index contributed by atoms with van der Waals surface area (Å²) in [5.41, 5.74) is -0.518. The second-order valence-corrected chi connectivity index (χ2v) is 51.7. The molecule has 22 heteroatoms. The highest BCUT2D eigenvalue weighted by molar-refractivity contribution is 7.88. The Hall–Kier alpha value is -2.48. The molecule has 4 saturated heterocycles. The Labute approximate surface area is 763 Å². The number of hydrogen-bond donors (Lipinski definition) is 4. The highest BCUT2D eigenvalue weighted by Crippen LogP contribution is 2.71. The van der Waals surface area contributed by atoms with Crippen LogP contribution in [-0.4, -0.2) is 259 Å².